The summed E-state index contributed by atoms with van der Waals surface area (Å²) in [5, 5.41) is 0. The van der Waals surface area contributed by atoms with Gasteiger partial charge in [0.25, 0.3) is 0 Å². The van der Waals surface area contributed by atoms with E-state index in [1.165, 1.54) is 6.08 Å². The summed E-state index contributed by atoms with van der Waals surface area (Å²) in [5.41, 5.74) is 4.73. The summed E-state index contributed by atoms with van der Waals surface area (Å²) in [5.74, 6) is 0.536. The molecule has 0 unspecified atom stereocenters. The van der Waals surface area contributed by atoms with Crippen LogP contribution in [0.3, 0.4) is 0 Å². The number of Topliss-reactive ketones (excluding diaryl/α,β-unsaturated/α-hetero) is 1. The maximum absolute atomic E-state index is 12.3. The summed E-state index contributed by atoms with van der Waals surface area (Å²) >= 11 is 0. The van der Waals surface area contributed by atoms with Gasteiger partial charge in [0, 0.05) is 5.56 Å². The van der Waals surface area contributed by atoms with Crippen molar-refractivity contribution in [3.63, 3.8) is 0 Å². The van der Waals surface area contributed by atoms with Crippen molar-refractivity contribution in [2.75, 3.05) is 14.2 Å². The predicted octanol–water partition coefficient (Wildman–Crippen LogP) is 4.98. The molecule has 3 aromatic carbocycles. The van der Waals surface area contributed by atoms with E-state index in [4.69, 9.17) is 9.47 Å². The Bertz CT molecular complexity index is 1120. The Hall–Kier alpha value is -3.92. The predicted molar refractivity (Wildman–Crippen MR) is 117 cm³/mol. The van der Waals surface area contributed by atoms with E-state index >= 15 is 0 Å². The number of ether oxygens (including phenoxy) is 2. The Labute approximate surface area is 175 Å². The quantitative estimate of drug-likeness (QED) is 0.571. The first kappa shape index (κ1) is 19.4. The van der Waals surface area contributed by atoms with Gasteiger partial charge < -0.3 is 9.47 Å². The summed E-state index contributed by atoms with van der Waals surface area (Å²) in [4.78, 5) is 24.6. The molecular formula is C26H20O4. The standard InChI is InChI=1S/C26H20O4/c1-29-20-11-7-17(8-12-20)24(18-9-13-21(30-2)14-10-18)15-19-16-25(27)26(28)23-6-4-3-5-22(19)23/h3-16H,1-2H3. The fourth-order valence-corrected chi connectivity index (χ4v) is 3.50. The summed E-state index contributed by atoms with van der Waals surface area (Å²) < 4.78 is 10.6. The highest BCUT2D eigenvalue weighted by molar-refractivity contribution is 6.50. The normalized spacial score (nSPS) is 12.7. The van der Waals surface area contributed by atoms with E-state index in [1.54, 1.807) is 26.4 Å². The average molecular weight is 396 g/mol. The molecule has 3 aromatic rings. The number of allylic oxidation sites excluding steroid dienone is 3. The highest BCUT2D eigenvalue weighted by Gasteiger charge is 2.24. The van der Waals surface area contributed by atoms with Gasteiger partial charge in [-0.2, -0.15) is 0 Å². The van der Waals surface area contributed by atoms with Crippen molar-refractivity contribution in [1.82, 2.24) is 0 Å². The molecule has 0 saturated carbocycles. The highest BCUT2D eigenvalue weighted by atomic mass is 16.5. The smallest absolute Gasteiger partial charge is 0.233 e. The van der Waals surface area contributed by atoms with Crippen molar-refractivity contribution in [1.29, 1.82) is 0 Å². The summed E-state index contributed by atoms with van der Waals surface area (Å²) in [6.45, 7) is 0. The third-order valence-corrected chi connectivity index (χ3v) is 5.09. The molecule has 0 saturated heterocycles. The van der Waals surface area contributed by atoms with Crippen molar-refractivity contribution in [2.45, 2.75) is 0 Å². The molecule has 0 radical (unpaired) electrons. The van der Waals surface area contributed by atoms with Gasteiger partial charge in [-0.15, -0.1) is 0 Å². The van der Waals surface area contributed by atoms with E-state index in [0.717, 1.165) is 33.8 Å². The average Bonchev–Trinajstić information content (AvgIpc) is 2.81. The summed E-state index contributed by atoms with van der Waals surface area (Å²) in [7, 11) is 3.25. The lowest BCUT2D eigenvalue weighted by Crippen LogP contribution is -2.18. The number of methoxy groups -OCH3 is 2. The summed E-state index contributed by atoms with van der Waals surface area (Å²) in [6.07, 6.45) is 3.37. The number of hydrogen-bond acceptors (Lipinski definition) is 4. The molecule has 30 heavy (non-hydrogen) atoms. The van der Waals surface area contributed by atoms with Crippen molar-refractivity contribution >= 4 is 22.7 Å². The minimum absolute atomic E-state index is 0.431. The maximum Gasteiger partial charge on any atom is 0.233 e. The van der Waals surface area contributed by atoms with E-state index in [2.05, 4.69) is 0 Å². The molecule has 0 atom stereocenters. The Morgan fingerprint density at radius 1 is 0.700 bits per heavy atom. The van der Waals surface area contributed by atoms with Gasteiger partial charge in [0.05, 0.1) is 14.2 Å². The maximum atomic E-state index is 12.3. The van der Waals surface area contributed by atoms with Gasteiger partial charge in [-0.25, -0.2) is 0 Å². The largest absolute Gasteiger partial charge is 0.497 e. The Kier molecular flexibility index (Phi) is 5.31. The van der Waals surface area contributed by atoms with Crippen LogP contribution >= 0.6 is 0 Å². The van der Waals surface area contributed by atoms with Gasteiger partial charge in [0.1, 0.15) is 11.5 Å². The van der Waals surface area contributed by atoms with Crippen molar-refractivity contribution in [2.24, 2.45) is 0 Å². The molecule has 4 nitrogen and oxygen atoms in total. The Morgan fingerprint density at radius 2 is 1.20 bits per heavy atom. The van der Waals surface area contributed by atoms with E-state index in [-0.39, 0.29) is 0 Å². The zero-order chi connectivity index (χ0) is 21.1. The Morgan fingerprint density at radius 3 is 1.70 bits per heavy atom. The topological polar surface area (TPSA) is 52.6 Å². The number of carbonyl (C=O) groups is 2. The molecule has 0 spiro atoms. The van der Waals surface area contributed by atoms with Crippen LogP contribution in [-0.4, -0.2) is 25.8 Å². The van der Waals surface area contributed by atoms with Crippen LogP contribution in [0.4, 0.5) is 0 Å². The first-order valence-electron chi connectivity index (χ1n) is 9.51. The van der Waals surface area contributed by atoms with Crippen molar-refractivity contribution in [3.8, 4) is 11.5 Å². The molecule has 0 heterocycles. The van der Waals surface area contributed by atoms with Crippen molar-refractivity contribution < 1.29 is 19.1 Å². The second-order valence-electron chi connectivity index (χ2n) is 6.85. The van der Waals surface area contributed by atoms with Gasteiger partial charge in [-0.3, -0.25) is 9.59 Å². The van der Waals surface area contributed by atoms with Gasteiger partial charge >= 0.3 is 0 Å². The van der Waals surface area contributed by atoms with E-state index in [0.29, 0.717) is 11.1 Å². The van der Waals surface area contributed by atoms with Crippen LogP contribution < -0.4 is 9.47 Å². The lowest BCUT2D eigenvalue weighted by Gasteiger charge is -2.16. The minimum atomic E-state index is -0.510. The number of ketones is 2. The van der Waals surface area contributed by atoms with E-state index in [9.17, 15) is 9.59 Å². The first-order valence-corrected chi connectivity index (χ1v) is 9.51. The molecule has 0 fully saturated rings. The zero-order valence-corrected chi connectivity index (χ0v) is 16.7. The molecule has 0 amide bonds. The van der Waals surface area contributed by atoms with Crippen LogP contribution in [0.2, 0.25) is 0 Å². The number of rotatable bonds is 5. The number of benzene rings is 3. The lowest BCUT2D eigenvalue weighted by molar-refractivity contribution is -0.110. The van der Waals surface area contributed by atoms with Crippen LogP contribution in [0.5, 0.6) is 11.5 Å². The molecule has 4 heteroatoms. The fraction of sp³-hybridized carbons (Fsp3) is 0.0769. The number of fused-ring (bicyclic) bond motifs is 1. The van der Waals surface area contributed by atoms with Crippen LogP contribution in [0.25, 0.3) is 11.1 Å². The number of carbonyl (C=O) groups excluding carboxylic acids is 2. The molecular weight excluding hydrogens is 376 g/mol. The molecule has 0 N–H and O–H groups in total. The first-order chi connectivity index (χ1) is 14.6. The molecule has 0 aromatic heterocycles. The molecule has 1 aliphatic carbocycles. The van der Waals surface area contributed by atoms with Gasteiger partial charge in [-0.1, -0.05) is 48.5 Å². The third-order valence-electron chi connectivity index (χ3n) is 5.09. The molecule has 1 aliphatic rings. The second kappa shape index (κ2) is 8.21. The van der Waals surface area contributed by atoms with Crippen LogP contribution in [0.1, 0.15) is 27.0 Å². The highest BCUT2D eigenvalue weighted by Crippen LogP contribution is 2.33. The minimum Gasteiger partial charge on any atom is -0.497 e. The van der Waals surface area contributed by atoms with Crippen LogP contribution in [-0.2, 0) is 4.79 Å². The monoisotopic (exact) mass is 396 g/mol. The number of hydrogen-bond donors (Lipinski definition) is 0. The summed E-state index contributed by atoms with van der Waals surface area (Å²) in [6, 6.07) is 22.6. The second-order valence-corrected chi connectivity index (χ2v) is 6.85. The van der Waals surface area contributed by atoms with Crippen molar-refractivity contribution in [3.05, 3.63) is 107 Å². The molecule has 0 bridgehead atoms. The fourth-order valence-electron chi connectivity index (χ4n) is 3.50. The van der Waals surface area contributed by atoms with E-state index in [1.807, 2.05) is 66.7 Å². The van der Waals surface area contributed by atoms with Crippen LogP contribution in [0.15, 0.2) is 84.9 Å². The molecule has 0 aliphatic heterocycles. The third kappa shape index (κ3) is 3.67. The Balaban J connectivity index is 1.88. The van der Waals surface area contributed by atoms with Crippen LogP contribution in [0, 0.1) is 0 Å². The molecule has 4 rings (SSSR count). The van der Waals surface area contributed by atoms with E-state index < -0.39 is 11.6 Å². The van der Waals surface area contributed by atoms with Gasteiger partial charge in [-0.05, 0) is 64.3 Å². The van der Waals surface area contributed by atoms with Gasteiger partial charge in [0.2, 0.25) is 11.6 Å². The lowest BCUT2D eigenvalue weighted by atomic mass is 9.86. The molecule has 148 valence electrons. The van der Waals surface area contributed by atoms with Gasteiger partial charge in [0.15, 0.2) is 0 Å². The SMILES string of the molecule is COc1ccc(C(=CC2=CC(=O)C(=O)c3ccccc32)c2ccc(OC)cc2)cc1. The zero-order valence-electron chi connectivity index (χ0n) is 16.7.